The summed E-state index contributed by atoms with van der Waals surface area (Å²) in [7, 11) is 0.674. The number of sulfonamides is 1. The molecule has 1 aliphatic rings. The third-order valence-corrected chi connectivity index (χ3v) is 6.04. The average Bonchev–Trinajstić information content (AvgIpc) is 2.86. The van der Waals surface area contributed by atoms with Gasteiger partial charge in [-0.15, -0.1) is 0 Å². The van der Waals surface area contributed by atoms with Crippen LogP contribution in [0, 0.1) is 11.7 Å². The molecule has 1 N–H and O–H groups in total. The van der Waals surface area contributed by atoms with Gasteiger partial charge in [0.25, 0.3) is 5.91 Å². The normalized spacial score (nSPS) is 21.3. The maximum atomic E-state index is 13.7. The molecule has 1 aliphatic heterocycles. The number of carbonyl (C=O) groups is 1. The number of likely N-dealkylation sites (tertiary alicyclic amines) is 1. The Morgan fingerprint density at radius 3 is 2.62 bits per heavy atom. The molecule has 0 bridgehead atoms. The predicted molar refractivity (Wildman–Crippen MR) is 85.8 cm³/mol. The molecular formula is C15H21FN2O5S. The van der Waals surface area contributed by atoms with E-state index in [1.807, 2.05) is 0 Å². The minimum atomic E-state index is -3.49. The van der Waals surface area contributed by atoms with E-state index in [4.69, 9.17) is 4.74 Å². The van der Waals surface area contributed by atoms with Crippen LogP contribution in [0.5, 0.6) is 5.75 Å². The van der Waals surface area contributed by atoms with Crippen LogP contribution in [0.1, 0.15) is 10.4 Å². The van der Waals surface area contributed by atoms with Gasteiger partial charge < -0.3 is 14.7 Å². The minimum absolute atomic E-state index is 0.0140. The lowest BCUT2D eigenvalue weighted by Crippen LogP contribution is -2.33. The highest BCUT2D eigenvalue weighted by Gasteiger charge is 2.37. The highest BCUT2D eigenvalue weighted by molar-refractivity contribution is 7.89. The zero-order valence-corrected chi connectivity index (χ0v) is 14.6. The lowest BCUT2D eigenvalue weighted by molar-refractivity contribution is 0.0764. The molecule has 2 rings (SSSR count). The predicted octanol–water partition coefficient (Wildman–Crippen LogP) is 0.159. The number of ether oxygens (including phenoxy) is 1. The van der Waals surface area contributed by atoms with Crippen LogP contribution < -0.4 is 4.74 Å². The first-order valence-electron chi connectivity index (χ1n) is 7.36. The molecule has 0 spiro atoms. The van der Waals surface area contributed by atoms with Crippen LogP contribution >= 0.6 is 0 Å². The summed E-state index contributed by atoms with van der Waals surface area (Å²) in [5, 5.41) is 10.1. The van der Waals surface area contributed by atoms with Crippen molar-refractivity contribution in [2.24, 2.45) is 5.92 Å². The fourth-order valence-corrected chi connectivity index (χ4v) is 3.75. The number of amides is 1. The summed E-state index contributed by atoms with van der Waals surface area (Å²) in [6.45, 7) is 0.112. The summed E-state index contributed by atoms with van der Waals surface area (Å²) in [6.07, 6.45) is -0.938. The van der Waals surface area contributed by atoms with Crippen LogP contribution in [0.25, 0.3) is 0 Å². The van der Waals surface area contributed by atoms with Crippen LogP contribution in [-0.4, -0.2) is 74.8 Å². The molecular weight excluding hydrogens is 339 g/mol. The number of aliphatic hydroxyl groups is 1. The van der Waals surface area contributed by atoms with Crippen LogP contribution in [0.15, 0.2) is 18.2 Å². The number of hydrogen-bond acceptors (Lipinski definition) is 5. The van der Waals surface area contributed by atoms with Gasteiger partial charge in [-0.25, -0.2) is 17.1 Å². The second kappa shape index (κ2) is 7.04. The van der Waals surface area contributed by atoms with Gasteiger partial charge >= 0.3 is 0 Å². The molecule has 0 saturated carbocycles. The van der Waals surface area contributed by atoms with E-state index in [-0.39, 0.29) is 30.2 Å². The Balaban J connectivity index is 2.11. The highest BCUT2D eigenvalue weighted by atomic mass is 32.2. The van der Waals surface area contributed by atoms with Gasteiger partial charge in [0.05, 0.1) is 19.0 Å². The molecule has 0 aromatic heterocycles. The number of benzene rings is 1. The topological polar surface area (TPSA) is 87.2 Å². The monoisotopic (exact) mass is 360 g/mol. The van der Waals surface area contributed by atoms with Crippen molar-refractivity contribution in [1.82, 2.24) is 9.21 Å². The molecule has 0 unspecified atom stereocenters. The highest BCUT2D eigenvalue weighted by Crippen LogP contribution is 2.24. The molecule has 134 valence electrons. The molecule has 9 heteroatoms. The molecule has 0 aliphatic carbocycles. The Morgan fingerprint density at radius 2 is 2.08 bits per heavy atom. The van der Waals surface area contributed by atoms with Crippen molar-refractivity contribution < 1.29 is 27.4 Å². The van der Waals surface area contributed by atoms with Crippen molar-refractivity contribution in [1.29, 1.82) is 0 Å². The smallest absolute Gasteiger partial charge is 0.254 e. The van der Waals surface area contributed by atoms with Crippen molar-refractivity contribution >= 4 is 15.9 Å². The largest absolute Gasteiger partial charge is 0.494 e. The fourth-order valence-electron chi connectivity index (χ4n) is 2.59. The first-order chi connectivity index (χ1) is 11.2. The van der Waals surface area contributed by atoms with Crippen molar-refractivity contribution in [3.05, 3.63) is 29.6 Å². The van der Waals surface area contributed by atoms with Crippen molar-refractivity contribution in [2.75, 3.05) is 40.0 Å². The summed E-state index contributed by atoms with van der Waals surface area (Å²) in [5.74, 6) is -1.91. The van der Waals surface area contributed by atoms with E-state index in [0.29, 0.717) is 0 Å². The van der Waals surface area contributed by atoms with E-state index >= 15 is 0 Å². The van der Waals surface area contributed by atoms with E-state index < -0.39 is 33.8 Å². The minimum Gasteiger partial charge on any atom is -0.494 e. The number of methoxy groups -OCH3 is 1. The van der Waals surface area contributed by atoms with Crippen molar-refractivity contribution in [2.45, 2.75) is 6.10 Å². The van der Waals surface area contributed by atoms with Crippen molar-refractivity contribution in [3.63, 3.8) is 0 Å². The third-order valence-electron chi connectivity index (χ3n) is 4.07. The lowest BCUT2D eigenvalue weighted by atomic mass is 10.1. The zero-order valence-electron chi connectivity index (χ0n) is 13.8. The molecule has 1 amide bonds. The second-order valence-electron chi connectivity index (χ2n) is 5.95. The summed E-state index contributed by atoms with van der Waals surface area (Å²) in [5.41, 5.74) is 0.122. The molecule has 2 atom stereocenters. The lowest BCUT2D eigenvalue weighted by Gasteiger charge is -2.18. The van der Waals surface area contributed by atoms with E-state index in [1.54, 1.807) is 0 Å². The number of aliphatic hydroxyl groups excluding tert-OH is 1. The fraction of sp³-hybridized carbons (Fsp3) is 0.533. The number of halogens is 1. The van der Waals surface area contributed by atoms with E-state index in [2.05, 4.69) is 0 Å². The Labute approximate surface area is 140 Å². The quantitative estimate of drug-likeness (QED) is 0.808. The SMILES string of the molecule is COc1ccc(C(=O)N2C[C@@H](CS(=O)(=O)N(C)C)[C@@H](O)C2)cc1F. The number of rotatable bonds is 5. The number of nitrogens with zero attached hydrogens (tertiary/aromatic N) is 2. The Morgan fingerprint density at radius 1 is 1.42 bits per heavy atom. The van der Waals surface area contributed by atoms with Gasteiger partial charge in [0.1, 0.15) is 0 Å². The second-order valence-corrected chi connectivity index (χ2v) is 8.18. The summed E-state index contributed by atoms with van der Waals surface area (Å²) in [6, 6.07) is 3.85. The van der Waals surface area contributed by atoms with Gasteiger partial charge in [0.2, 0.25) is 10.0 Å². The van der Waals surface area contributed by atoms with Crippen LogP contribution in [0.2, 0.25) is 0 Å². The summed E-state index contributed by atoms with van der Waals surface area (Å²) >= 11 is 0. The third kappa shape index (κ3) is 3.85. The standard InChI is InChI=1S/C15H21FN2O5S/c1-17(2)24(21,22)9-11-7-18(8-13(11)19)15(20)10-4-5-14(23-3)12(16)6-10/h4-6,11,13,19H,7-9H2,1-3H3/t11-,13-/m0/s1. The number of hydrogen-bond donors (Lipinski definition) is 1. The number of β-amino-alcohol motifs (C(OH)–C–C–N with tert-alkyl or cyclic N) is 1. The average molecular weight is 360 g/mol. The maximum Gasteiger partial charge on any atom is 0.254 e. The molecule has 1 aromatic carbocycles. The van der Waals surface area contributed by atoms with Gasteiger partial charge in [-0.2, -0.15) is 0 Å². The van der Waals surface area contributed by atoms with Crippen LogP contribution in [0.4, 0.5) is 4.39 Å². The number of carbonyl (C=O) groups excluding carboxylic acids is 1. The molecule has 0 radical (unpaired) electrons. The summed E-state index contributed by atoms with van der Waals surface area (Å²) < 4.78 is 43.5. The Kier molecular flexibility index (Phi) is 5.46. The molecule has 1 aromatic rings. The molecule has 1 heterocycles. The molecule has 7 nitrogen and oxygen atoms in total. The van der Waals surface area contributed by atoms with Gasteiger partial charge in [0.15, 0.2) is 11.6 Å². The molecule has 1 saturated heterocycles. The van der Waals surface area contributed by atoms with Gasteiger partial charge in [0, 0.05) is 38.7 Å². The van der Waals surface area contributed by atoms with Gasteiger partial charge in [-0.3, -0.25) is 4.79 Å². The van der Waals surface area contributed by atoms with Crippen molar-refractivity contribution in [3.8, 4) is 5.75 Å². The van der Waals surface area contributed by atoms with Gasteiger partial charge in [-0.05, 0) is 18.2 Å². The Hall–Kier alpha value is -1.71. The van der Waals surface area contributed by atoms with Crippen LogP contribution in [-0.2, 0) is 10.0 Å². The van der Waals surface area contributed by atoms with Gasteiger partial charge in [-0.1, -0.05) is 0 Å². The maximum absolute atomic E-state index is 13.7. The first-order valence-corrected chi connectivity index (χ1v) is 8.97. The van der Waals surface area contributed by atoms with Crippen LogP contribution in [0.3, 0.4) is 0 Å². The molecule has 1 fully saturated rings. The van der Waals surface area contributed by atoms with E-state index in [1.165, 1.54) is 38.2 Å². The Bertz CT molecular complexity index is 723. The van der Waals surface area contributed by atoms with E-state index in [0.717, 1.165) is 10.4 Å². The first kappa shape index (κ1) is 18.6. The zero-order chi connectivity index (χ0) is 18.1. The molecule has 24 heavy (non-hydrogen) atoms. The van der Waals surface area contributed by atoms with E-state index in [9.17, 15) is 22.7 Å². The summed E-state index contributed by atoms with van der Waals surface area (Å²) in [4.78, 5) is 13.8.